The molecule has 7 nitrogen and oxygen atoms in total. The molecule has 0 bridgehead atoms. The van der Waals surface area contributed by atoms with Crippen molar-refractivity contribution < 1.29 is 14.0 Å². The summed E-state index contributed by atoms with van der Waals surface area (Å²) in [6.07, 6.45) is 2.25. The lowest BCUT2D eigenvalue weighted by Crippen LogP contribution is -2.46. The molecule has 0 aliphatic carbocycles. The quantitative estimate of drug-likeness (QED) is 0.663. The van der Waals surface area contributed by atoms with Crippen LogP contribution < -0.4 is 5.32 Å². The molecule has 0 radical (unpaired) electrons. The molecule has 160 valence electrons. The van der Waals surface area contributed by atoms with E-state index in [1.807, 2.05) is 54.3 Å². The summed E-state index contributed by atoms with van der Waals surface area (Å²) < 4.78 is 5.71. The zero-order chi connectivity index (χ0) is 21.6. The van der Waals surface area contributed by atoms with Crippen molar-refractivity contribution in [1.29, 1.82) is 0 Å². The molecule has 3 aromatic rings. The lowest BCUT2D eigenvalue weighted by molar-refractivity contribution is -0.132. The highest BCUT2D eigenvalue weighted by atomic mass is 16.4. The molecule has 31 heavy (non-hydrogen) atoms. The second-order valence-electron chi connectivity index (χ2n) is 7.86. The van der Waals surface area contributed by atoms with Crippen LogP contribution in [0.25, 0.3) is 11.5 Å². The number of rotatable bonds is 6. The van der Waals surface area contributed by atoms with Gasteiger partial charge in [0, 0.05) is 43.1 Å². The number of nitrogens with one attached hydrogen (secondary N) is 1. The highest BCUT2D eigenvalue weighted by Gasteiger charge is 2.24. The zero-order valence-electron chi connectivity index (χ0n) is 17.6. The summed E-state index contributed by atoms with van der Waals surface area (Å²) in [6.45, 7) is 3.29. The second kappa shape index (κ2) is 9.55. The van der Waals surface area contributed by atoms with E-state index in [2.05, 4.69) is 15.5 Å². The first-order valence-electron chi connectivity index (χ1n) is 10.6. The third kappa shape index (κ3) is 5.36. The van der Waals surface area contributed by atoms with Crippen LogP contribution in [-0.2, 0) is 11.2 Å². The van der Waals surface area contributed by atoms with E-state index in [1.165, 1.54) is 0 Å². The fraction of sp³-hybridized carbons (Fsp3) is 0.333. The van der Waals surface area contributed by atoms with Crippen molar-refractivity contribution in [2.45, 2.75) is 38.6 Å². The summed E-state index contributed by atoms with van der Waals surface area (Å²) in [7, 11) is 0. The standard InChI is InChI=1S/C24H26N4O3/c1-17-7-9-19(10-8-17)24-27-26-21(31-24)11-12-22(29)28-15-13-20(14-16-28)25-23(30)18-5-3-2-4-6-18/h2-10,20H,11-16H2,1H3,(H,25,30). The van der Waals surface area contributed by atoms with E-state index in [-0.39, 0.29) is 17.9 Å². The molecule has 7 heteroatoms. The van der Waals surface area contributed by atoms with E-state index in [0.29, 0.717) is 43.3 Å². The molecule has 1 aliphatic rings. The van der Waals surface area contributed by atoms with Gasteiger partial charge in [0.05, 0.1) is 0 Å². The summed E-state index contributed by atoms with van der Waals surface area (Å²) >= 11 is 0. The zero-order valence-corrected chi connectivity index (χ0v) is 17.6. The maximum absolute atomic E-state index is 12.6. The maximum atomic E-state index is 12.6. The SMILES string of the molecule is Cc1ccc(-c2nnc(CCC(=O)N3CCC(NC(=O)c4ccccc4)CC3)o2)cc1. The molecule has 0 atom stereocenters. The first kappa shape index (κ1) is 20.8. The number of hydrogen-bond acceptors (Lipinski definition) is 5. The van der Waals surface area contributed by atoms with Crippen LogP contribution in [-0.4, -0.2) is 46.0 Å². The Morgan fingerprint density at radius 1 is 1.03 bits per heavy atom. The third-order valence-electron chi connectivity index (χ3n) is 5.54. The van der Waals surface area contributed by atoms with Gasteiger partial charge in [0.25, 0.3) is 5.91 Å². The minimum atomic E-state index is -0.0637. The van der Waals surface area contributed by atoms with Gasteiger partial charge in [-0.2, -0.15) is 0 Å². The van der Waals surface area contributed by atoms with Gasteiger partial charge in [0.15, 0.2) is 0 Å². The van der Waals surface area contributed by atoms with E-state index >= 15 is 0 Å². The van der Waals surface area contributed by atoms with Gasteiger partial charge in [-0.1, -0.05) is 35.9 Å². The summed E-state index contributed by atoms with van der Waals surface area (Å²) in [5, 5.41) is 11.2. The predicted octanol–water partition coefficient (Wildman–Crippen LogP) is 3.40. The number of amides is 2. The maximum Gasteiger partial charge on any atom is 0.251 e. The molecule has 1 aromatic heterocycles. The van der Waals surface area contributed by atoms with Crippen molar-refractivity contribution in [3.63, 3.8) is 0 Å². The number of piperidine rings is 1. The Bertz CT molecular complexity index is 1020. The van der Waals surface area contributed by atoms with Gasteiger partial charge in [0.2, 0.25) is 17.7 Å². The number of aromatic nitrogens is 2. The van der Waals surface area contributed by atoms with Gasteiger partial charge in [-0.25, -0.2) is 0 Å². The normalized spacial score (nSPS) is 14.4. The number of benzene rings is 2. The highest BCUT2D eigenvalue weighted by molar-refractivity contribution is 5.94. The van der Waals surface area contributed by atoms with Crippen molar-refractivity contribution in [3.8, 4) is 11.5 Å². The average Bonchev–Trinajstić information content (AvgIpc) is 3.28. The molecule has 1 saturated heterocycles. The lowest BCUT2D eigenvalue weighted by Gasteiger charge is -2.32. The summed E-state index contributed by atoms with van der Waals surface area (Å²) in [5.41, 5.74) is 2.69. The number of nitrogens with zero attached hydrogens (tertiary/aromatic N) is 3. The topological polar surface area (TPSA) is 88.3 Å². The van der Waals surface area contributed by atoms with Gasteiger partial charge >= 0.3 is 0 Å². The molecule has 1 fully saturated rings. The van der Waals surface area contributed by atoms with Crippen LogP contribution >= 0.6 is 0 Å². The Hall–Kier alpha value is -3.48. The molecule has 0 spiro atoms. The molecule has 2 heterocycles. The van der Waals surface area contributed by atoms with Crippen molar-refractivity contribution in [2.75, 3.05) is 13.1 Å². The minimum absolute atomic E-state index is 0.0637. The number of carbonyl (C=O) groups excluding carboxylic acids is 2. The van der Waals surface area contributed by atoms with Crippen molar-refractivity contribution in [1.82, 2.24) is 20.4 Å². The van der Waals surface area contributed by atoms with E-state index < -0.39 is 0 Å². The largest absolute Gasteiger partial charge is 0.421 e. The number of likely N-dealkylation sites (tertiary alicyclic amines) is 1. The van der Waals surface area contributed by atoms with E-state index in [9.17, 15) is 9.59 Å². The Morgan fingerprint density at radius 3 is 2.45 bits per heavy atom. The van der Waals surface area contributed by atoms with Crippen LogP contribution in [0, 0.1) is 6.92 Å². The monoisotopic (exact) mass is 418 g/mol. The second-order valence-corrected chi connectivity index (χ2v) is 7.86. The first-order chi connectivity index (χ1) is 15.1. The molecular formula is C24H26N4O3. The molecule has 2 aromatic carbocycles. The molecule has 0 saturated carbocycles. The van der Waals surface area contributed by atoms with Crippen LogP contribution in [0.3, 0.4) is 0 Å². The lowest BCUT2D eigenvalue weighted by atomic mass is 10.0. The van der Waals surface area contributed by atoms with Crippen LogP contribution in [0.5, 0.6) is 0 Å². The molecule has 0 unspecified atom stereocenters. The van der Waals surface area contributed by atoms with Gasteiger partial charge in [0.1, 0.15) is 0 Å². The average molecular weight is 418 g/mol. The molecule has 2 amide bonds. The fourth-order valence-corrected chi connectivity index (χ4v) is 3.67. The van der Waals surface area contributed by atoms with E-state index in [1.54, 1.807) is 12.1 Å². The summed E-state index contributed by atoms with van der Waals surface area (Å²) in [6, 6.07) is 17.2. The first-order valence-corrected chi connectivity index (χ1v) is 10.6. The Kier molecular flexibility index (Phi) is 6.40. The van der Waals surface area contributed by atoms with E-state index in [4.69, 9.17) is 4.42 Å². The smallest absolute Gasteiger partial charge is 0.251 e. The van der Waals surface area contributed by atoms with Crippen molar-refractivity contribution in [3.05, 3.63) is 71.6 Å². The van der Waals surface area contributed by atoms with Gasteiger partial charge in [-0.3, -0.25) is 9.59 Å². The Morgan fingerprint density at radius 2 is 1.74 bits per heavy atom. The van der Waals surface area contributed by atoms with Crippen molar-refractivity contribution in [2.24, 2.45) is 0 Å². The van der Waals surface area contributed by atoms with Crippen LogP contribution in [0.4, 0.5) is 0 Å². The van der Waals surface area contributed by atoms with Crippen LogP contribution in [0.15, 0.2) is 59.0 Å². The van der Waals surface area contributed by atoms with Gasteiger partial charge in [-0.15, -0.1) is 10.2 Å². The molecule has 4 rings (SSSR count). The third-order valence-corrected chi connectivity index (χ3v) is 5.54. The Balaban J connectivity index is 1.22. The molecular weight excluding hydrogens is 392 g/mol. The fourth-order valence-electron chi connectivity index (χ4n) is 3.67. The highest BCUT2D eigenvalue weighted by Crippen LogP contribution is 2.19. The summed E-state index contributed by atoms with van der Waals surface area (Å²) in [4.78, 5) is 26.7. The van der Waals surface area contributed by atoms with Crippen LogP contribution in [0.1, 0.15) is 41.1 Å². The number of aryl methyl sites for hydroxylation is 2. The summed E-state index contributed by atoms with van der Waals surface area (Å²) in [5.74, 6) is 0.945. The number of hydrogen-bond donors (Lipinski definition) is 1. The predicted molar refractivity (Wildman–Crippen MR) is 116 cm³/mol. The van der Waals surface area contributed by atoms with E-state index in [0.717, 1.165) is 24.0 Å². The molecule has 1 N–H and O–H groups in total. The minimum Gasteiger partial charge on any atom is -0.421 e. The van der Waals surface area contributed by atoms with Crippen molar-refractivity contribution >= 4 is 11.8 Å². The Labute approximate surface area is 181 Å². The van der Waals surface area contributed by atoms with Crippen LogP contribution in [0.2, 0.25) is 0 Å². The molecule has 1 aliphatic heterocycles. The van der Waals surface area contributed by atoms with Gasteiger partial charge < -0.3 is 14.6 Å². The van der Waals surface area contributed by atoms with Gasteiger partial charge in [-0.05, 0) is 44.0 Å². The number of carbonyl (C=O) groups is 2.